The monoisotopic (exact) mass is 284 g/mol. The number of aryl methyl sites for hydroxylation is 1. The van der Waals surface area contributed by atoms with Crippen molar-refractivity contribution >= 4 is 5.95 Å². The summed E-state index contributed by atoms with van der Waals surface area (Å²) in [6.45, 7) is 2.89. The van der Waals surface area contributed by atoms with Crippen LogP contribution < -0.4 is 5.32 Å². The molecule has 21 heavy (non-hydrogen) atoms. The fourth-order valence-electron chi connectivity index (χ4n) is 1.85. The minimum Gasteiger partial charge on any atom is -0.354 e. The first-order chi connectivity index (χ1) is 10.3. The van der Waals surface area contributed by atoms with E-state index in [0.29, 0.717) is 23.5 Å². The number of nitrogens with zero attached hydrogens (tertiary/aromatic N) is 7. The fraction of sp³-hybridized carbons (Fsp3) is 0.308. The molecular weight excluding hydrogens is 268 g/mol. The van der Waals surface area contributed by atoms with Crippen LogP contribution in [-0.2, 0) is 7.05 Å². The molecule has 0 aliphatic carbocycles. The van der Waals surface area contributed by atoms with Crippen molar-refractivity contribution < 1.29 is 0 Å². The number of aromatic nitrogens is 7. The van der Waals surface area contributed by atoms with Gasteiger partial charge >= 0.3 is 0 Å². The highest BCUT2D eigenvalue weighted by atomic mass is 15.3. The van der Waals surface area contributed by atoms with Crippen molar-refractivity contribution in [3.05, 3.63) is 31.1 Å². The van der Waals surface area contributed by atoms with Crippen LogP contribution in [0.2, 0.25) is 0 Å². The molecule has 108 valence electrons. The van der Waals surface area contributed by atoms with Gasteiger partial charge in [0.25, 0.3) is 0 Å². The molecule has 0 saturated heterocycles. The molecule has 8 heteroatoms. The van der Waals surface area contributed by atoms with Crippen LogP contribution in [-0.4, -0.2) is 40.6 Å². The molecule has 0 unspecified atom stereocenters. The normalized spacial score (nSPS) is 10.8. The predicted molar refractivity (Wildman–Crippen MR) is 77.9 cm³/mol. The van der Waals surface area contributed by atoms with E-state index in [1.165, 1.54) is 0 Å². The first kappa shape index (κ1) is 13.2. The Morgan fingerprint density at radius 2 is 2.05 bits per heavy atom. The largest absolute Gasteiger partial charge is 0.354 e. The summed E-state index contributed by atoms with van der Waals surface area (Å²) in [6, 6.07) is 0. The average molecular weight is 284 g/mol. The van der Waals surface area contributed by atoms with Crippen molar-refractivity contribution in [2.75, 3.05) is 11.9 Å². The van der Waals surface area contributed by atoms with Crippen LogP contribution in [0, 0.1) is 0 Å². The molecule has 0 spiro atoms. The van der Waals surface area contributed by atoms with Crippen molar-refractivity contribution in [3.63, 3.8) is 0 Å². The Kier molecular flexibility index (Phi) is 3.59. The third-order valence-electron chi connectivity index (χ3n) is 2.91. The quantitative estimate of drug-likeness (QED) is 0.759. The molecule has 8 nitrogen and oxygen atoms in total. The SMILES string of the molecule is CCCNc1nc(-c2nccn2C)nc(-n2ccnc2)n1. The molecule has 0 saturated carbocycles. The number of hydrogen-bond donors (Lipinski definition) is 1. The maximum Gasteiger partial charge on any atom is 0.240 e. The van der Waals surface area contributed by atoms with Gasteiger partial charge < -0.3 is 9.88 Å². The van der Waals surface area contributed by atoms with Gasteiger partial charge in [-0.15, -0.1) is 0 Å². The van der Waals surface area contributed by atoms with Gasteiger partial charge in [0.1, 0.15) is 6.33 Å². The van der Waals surface area contributed by atoms with Gasteiger partial charge in [-0.05, 0) is 6.42 Å². The summed E-state index contributed by atoms with van der Waals surface area (Å²) in [5.74, 6) is 2.27. The van der Waals surface area contributed by atoms with Crippen LogP contribution in [0.25, 0.3) is 17.6 Å². The van der Waals surface area contributed by atoms with Crippen LogP contribution in [0.4, 0.5) is 5.95 Å². The summed E-state index contributed by atoms with van der Waals surface area (Å²) in [4.78, 5) is 21.6. The highest BCUT2D eigenvalue weighted by molar-refractivity contribution is 5.48. The second kappa shape index (κ2) is 5.70. The summed E-state index contributed by atoms with van der Waals surface area (Å²) in [5, 5.41) is 3.19. The van der Waals surface area contributed by atoms with Crippen molar-refractivity contribution in [3.8, 4) is 17.6 Å². The van der Waals surface area contributed by atoms with Gasteiger partial charge in [0.2, 0.25) is 17.7 Å². The third kappa shape index (κ3) is 2.73. The zero-order valence-corrected chi connectivity index (χ0v) is 11.9. The van der Waals surface area contributed by atoms with Gasteiger partial charge in [-0.1, -0.05) is 6.92 Å². The summed E-state index contributed by atoms with van der Waals surface area (Å²) in [6.07, 6.45) is 9.69. The maximum atomic E-state index is 4.46. The molecule has 0 aromatic carbocycles. The first-order valence-electron chi connectivity index (χ1n) is 6.74. The topological polar surface area (TPSA) is 86.3 Å². The molecule has 0 fully saturated rings. The van der Waals surface area contributed by atoms with Crippen LogP contribution in [0.1, 0.15) is 13.3 Å². The molecule has 3 heterocycles. The number of rotatable bonds is 5. The van der Waals surface area contributed by atoms with E-state index in [4.69, 9.17) is 0 Å². The Morgan fingerprint density at radius 3 is 2.71 bits per heavy atom. The number of nitrogens with one attached hydrogen (secondary N) is 1. The molecule has 0 amide bonds. The van der Waals surface area contributed by atoms with Gasteiger partial charge in [-0.3, -0.25) is 4.57 Å². The Morgan fingerprint density at radius 1 is 1.14 bits per heavy atom. The highest BCUT2D eigenvalue weighted by Crippen LogP contribution is 2.15. The Labute approximate surface area is 121 Å². The summed E-state index contributed by atoms with van der Waals surface area (Å²) in [5.41, 5.74) is 0. The lowest BCUT2D eigenvalue weighted by atomic mass is 10.5. The zero-order valence-electron chi connectivity index (χ0n) is 11.9. The molecule has 0 bridgehead atoms. The molecule has 1 N–H and O–H groups in total. The lowest BCUT2D eigenvalue weighted by Crippen LogP contribution is -2.11. The Hall–Kier alpha value is -2.77. The summed E-state index contributed by atoms with van der Waals surface area (Å²) in [7, 11) is 1.90. The molecule has 3 aromatic rings. The third-order valence-corrected chi connectivity index (χ3v) is 2.91. The van der Waals surface area contributed by atoms with Crippen molar-refractivity contribution in [2.45, 2.75) is 13.3 Å². The molecule has 3 rings (SSSR count). The van der Waals surface area contributed by atoms with E-state index in [9.17, 15) is 0 Å². The van der Waals surface area contributed by atoms with Crippen molar-refractivity contribution in [1.29, 1.82) is 0 Å². The maximum absolute atomic E-state index is 4.46. The minimum absolute atomic E-state index is 0.513. The van der Waals surface area contributed by atoms with Gasteiger partial charge in [0, 0.05) is 38.4 Å². The van der Waals surface area contributed by atoms with E-state index in [1.807, 2.05) is 17.8 Å². The Bertz CT molecular complexity index is 716. The van der Waals surface area contributed by atoms with Crippen LogP contribution in [0.3, 0.4) is 0 Å². The smallest absolute Gasteiger partial charge is 0.240 e. The van der Waals surface area contributed by atoms with Crippen LogP contribution in [0.5, 0.6) is 0 Å². The average Bonchev–Trinajstić information content (AvgIpc) is 3.16. The molecule has 0 aliphatic heterocycles. The van der Waals surface area contributed by atoms with Gasteiger partial charge in [0.15, 0.2) is 5.82 Å². The second-order valence-corrected chi connectivity index (χ2v) is 4.54. The Balaban J connectivity index is 2.07. The standard InChI is InChI=1S/C13H16N8/c1-3-4-16-12-17-10(11-15-6-7-20(11)2)18-13(19-12)21-8-5-14-9-21/h5-9H,3-4H2,1-2H3,(H,16,17,18,19). The van der Waals surface area contributed by atoms with E-state index in [2.05, 4.69) is 37.2 Å². The predicted octanol–water partition coefficient (Wildman–Crippen LogP) is 1.28. The first-order valence-corrected chi connectivity index (χ1v) is 6.74. The van der Waals surface area contributed by atoms with Gasteiger partial charge in [-0.25, -0.2) is 9.97 Å². The molecule has 3 aromatic heterocycles. The zero-order chi connectivity index (χ0) is 14.7. The number of anilines is 1. The van der Waals surface area contributed by atoms with E-state index >= 15 is 0 Å². The van der Waals surface area contributed by atoms with E-state index in [0.717, 1.165) is 13.0 Å². The highest BCUT2D eigenvalue weighted by Gasteiger charge is 2.12. The van der Waals surface area contributed by atoms with E-state index < -0.39 is 0 Å². The van der Waals surface area contributed by atoms with Gasteiger partial charge in [0.05, 0.1) is 0 Å². The lowest BCUT2D eigenvalue weighted by Gasteiger charge is -2.08. The van der Waals surface area contributed by atoms with Crippen LogP contribution in [0.15, 0.2) is 31.1 Å². The minimum atomic E-state index is 0.513. The van der Waals surface area contributed by atoms with Crippen LogP contribution >= 0.6 is 0 Å². The lowest BCUT2D eigenvalue weighted by molar-refractivity contribution is 0.857. The molecule has 0 atom stereocenters. The summed E-state index contributed by atoms with van der Waals surface area (Å²) >= 11 is 0. The fourth-order valence-corrected chi connectivity index (χ4v) is 1.85. The summed E-state index contributed by atoms with van der Waals surface area (Å²) < 4.78 is 3.61. The van der Waals surface area contributed by atoms with Crippen molar-refractivity contribution in [1.82, 2.24) is 34.1 Å². The van der Waals surface area contributed by atoms with E-state index in [-0.39, 0.29) is 0 Å². The second-order valence-electron chi connectivity index (χ2n) is 4.54. The van der Waals surface area contributed by atoms with E-state index in [1.54, 1.807) is 29.5 Å². The molecule has 0 aliphatic rings. The molecular formula is C13H16N8. The number of hydrogen-bond acceptors (Lipinski definition) is 6. The molecule has 0 radical (unpaired) electrons. The number of imidazole rings is 2. The van der Waals surface area contributed by atoms with Crippen molar-refractivity contribution in [2.24, 2.45) is 7.05 Å². The van der Waals surface area contributed by atoms with Gasteiger partial charge in [-0.2, -0.15) is 15.0 Å².